The minimum absolute atomic E-state index is 0. The van der Waals surface area contributed by atoms with Crippen molar-refractivity contribution in [3.8, 4) is 22.7 Å². The zero-order valence-corrected chi connectivity index (χ0v) is 18.2. The summed E-state index contributed by atoms with van der Waals surface area (Å²) in [7, 11) is 1.93. The molecule has 156 valence electrons. The van der Waals surface area contributed by atoms with E-state index < -0.39 is 0 Å². The molecule has 0 aliphatic carbocycles. The Morgan fingerprint density at radius 1 is 1.07 bits per heavy atom. The van der Waals surface area contributed by atoms with Crippen LogP contribution in [0.5, 0.6) is 0 Å². The zero-order valence-electron chi connectivity index (χ0n) is 17.4. The summed E-state index contributed by atoms with van der Waals surface area (Å²) in [5.41, 5.74) is 5.12. The average Bonchev–Trinajstić information content (AvgIpc) is 3.36. The molecule has 30 heavy (non-hydrogen) atoms. The van der Waals surface area contributed by atoms with Crippen LogP contribution >= 0.6 is 12.4 Å². The number of aromatic nitrogens is 4. The Morgan fingerprint density at radius 2 is 1.80 bits per heavy atom. The lowest BCUT2D eigenvalue weighted by Gasteiger charge is -2.04. The van der Waals surface area contributed by atoms with Crippen LogP contribution in [0, 0.1) is 6.92 Å². The molecule has 0 radical (unpaired) electrons. The zero-order chi connectivity index (χ0) is 20.2. The van der Waals surface area contributed by atoms with E-state index in [0.29, 0.717) is 24.7 Å². The largest absolute Gasteiger partial charge is 0.334 e. The molecule has 7 heteroatoms. The smallest absolute Gasteiger partial charge is 0.261 e. The van der Waals surface area contributed by atoms with Crippen molar-refractivity contribution in [1.82, 2.24) is 25.2 Å². The van der Waals surface area contributed by atoms with Gasteiger partial charge in [-0.15, -0.1) is 12.4 Å². The van der Waals surface area contributed by atoms with E-state index in [1.54, 1.807) is 0 Å². The van der Waals surface area contributed by atoms with Gasteiger partial charge in [0.25, 0.3) is 5.89 Å². The van der Waals surface area contributed by atoms with Crippen LogP contribution in [-0.2, 0) is 13.0 Å². The van der Waals surface area contributed by atoms with Crippen LogP contribution in [-0.4, -0.2) is 33.0 Å². The fourth-order valence-corrected chi connectivity index (χ4v) is 3.18. The van der Waals surface area contributed by atoms with Crippen LogP contribution in [0.1, 0.15) is 23.9 Å². The molecule has 2 heterocycles. The third-order valence-corrected chi connectivity index (χ3v) is 4.95. The lowest BCUT2D eigenvalue weighted by Crippen LogP contribution is -2.24. The van der Waals surface area contributed by atoms with Gasteiger partial charge in [0, 0.05) is 24.2 Å². The number of hydrogen-bond donors (Lipinski definition) is 1. The second kappa shape index (κ2) is 9.69. The number of likely N-dealkylation sites (N-methyl/N-ethyl adjacent to an activating group) is 1. The first-order valence-corrected chi connectivity index (χ1v) is 9.81. The number of nitrogens with zero attached hydrogens (tertiary/aromatic N) is 4. The lowest BCUT2D eigenvalue weighted by atomic mass is 10.1. The second-order valence-corrected chi connectivity index (χ2v) is 7.35. The molecule has 4 aromatic rings. The molecule has 0 fully saturated rings. The minimum atomic E-state index is 0. The van der Waals surface area contributed by atoms with E-state index in [-0.39, 0.29) is 18.4 Å². The topological polar surface area (TPSA) is 68.8 Å². The van der Waals surface area contributed by atoms with Gasteiger partial charge in [-0.3, -0.25) is 4.68 Å². The van der Waals surface area contributed by atoms with Gasteiger partial charge < -0.3 is 9.84 Å². The van der Waals surface area contributed by atoms with E-state index in [2.05, 4.69) is 65.7 Å². The molecule has 6 nitrogen and oxygen atoms in total. The van der Waals surface area contributed by atoms with Gasteiger partial charge in [-0.2, -0.15) is 10.1 Å². The van der Waals surface area contributed by atoms with Crippen LogP contribution in [0.3, 0.4) is 0 Å². The van der Waals surface area contributed by atoms with Gasteiger partial charge in [-0.25, -0.2) is 0 Å². The van der Waals surface area contributed by atoms with Crippen molar-refractivity contribution in [1.29, 1.82) is 0 Å². The van der Waals surface area contributed by atoms with Crippen molar-refractivity contribution >= 4 is 12.4 Å². The van der Waals surface area contributed by atoms with Crippen LogP contribution in [0.25, 0.3) is 22.7 Å². The highest BCUT2D eigenvalue weighted by Crippen LogP contribution is 2.30. The van der Waals surface area contributed by atoms with Crippen molar-refractivity contribution in [3.63, 3.8) is 0 Å². The Morgan fingerprint density at radius 3 is 2.50 bits per heavy atom. The highest BCUT2D eigenvalue weighted by molar-refractivity contribution is 5.85. The SMILES string of the molecule is CNC(C)Cc1noc(-c2cn(Cc3ccccc3)nc2-c2ccc(C)cc2)n1.Cl. The Hall–Kier alpha value is -2.96. The first-order chi connectivity index (χ1) is 14.1. The molecular weight excluding hydrogens is 398 g/mol. The van der Waals surface area contributed by atoms with E-state index in [0.717, 1.165) is 16.8 Å². The fraction of sp³-hybridized carbons (Fsp3) is 0.261. The van der Waals surface area contributed by atoms with Gasteiger partial charge in [0.2, 0.25) is 0 Å². The summed E-state index contributed by atoms with van der Waals surface area (Å²) in [5.74, 6) is 1.19. The molecule has 0 amide bonds. The van der Waals surface area contributed by atoms with Crippen LogP contribution < -0.4 is 5.32 Å². The number of aryl methyl sites for hydroxylation is 1. The minimum Gasteiger partial charge on any atom is -0.334 e. The first kappa shape index (κ1) is 21.7. The van der Waals surface area contributed by atoms with E-state index in [1.165, 1.54) is 11.1 Å². The third-order valence-electron chi connectivity index (χ3n) is 4.95. The van der Waals surface area contributed by atoms with Crippen molar-refractivity contribution in [3.05, 3.63) is 77.7 Å². The third kappa shape index (κ3) is 4.96. The molecule has 4 rings (SSSR count). The molecule has 1 N–H and O–H groups in total. The van der Waals surface area contributed by atoms with Gasteiger partial charge in [0.1, 0.15) is 5.69 Å². The highest BCUT2D eigenvalue weighted by Gasteiger charge is 2.19. The molecule has 0 bridgehead atoms. The summed E-state index contributed by atoms with van der Waals surface area (Å²) in [4.78, 5) is 4.62. The molecule has 0 saturated heterocycles. The Kier molecular flexibility index (Phi) is 7.03. The number of rotatable bonds is 7. The van der Waals surface area contributed by atoms with Gasteiger partial charge in [0.15, 0.2) is 5.82 Å². The van der Waals surface area contributed by atoms with Crippen LogP contribution in [0.4, 0.5) is 0 Å². The van der Waals surface area contributed by atoms with E-state index in [4.69, 9.17) is 9.62 Å². The van der Waals surface area contributed by atoms with Gasteiger partial charge in [0.05, 0.1) is 12.1 Å². The average molecular weight is 424 g/mol. The molecule has 1 atom stereocenters. The van der Waals surface area contributed by atoms with Crippen LogP contribution in [0.15, 0.2) is 65.3 Å². The lowest BCUT2D eigenvalue weighted by molar-refractivity contribution is 0.418. The maximum atomic E-state index is 5.60. The van der Waals surface area contributed by atoms with Gasteiger partial charge in [-0.1, -0.05) is 65.3 Å². The van der Waals surface area contributed by atoms with Crippen molar-refractivity contribution in [2.75, 3.05) is 7.05 Å². The van der Waals surface area contributed by atoms with E-state index >= 15 is 0 Å². The summed E-state index contributed by atoms with van der Waals surface area (Å²) in [5, 5.41) is 12.2. The summed E-state index contributed by atoms with van der Waals surface area (Å²) in [6.07, 6.45) is 2.69. The fourth-order valence-electron chi connectivity index (χ4n) is 3.18. The summed E-state index contributed by atoms with van der Waals surface area (Å²) >= 11 is 0. The van der Waals surface area contributed by atoms with E-state index in [1.807, 2.05) is 36.1 Å². The number of hydrogen-bond acceptors (Lipinski definition) is 5. The van der Waals surface area contributed by atoms with Crippen molar-refractivity contribution < 1.29 is 4.52 Å². The summed E-state index contributed by atoms with van der Waals surface area (Å²) in [6.45, 7) is 4.84. The summed E-state index contributed by atoms with van der Waals surface area (Å²) in [6, 6.07) is 18.9. The standard InChI is InChI=1S/C23H25N5O.ClH/c1-16-9-11-19(12-10-16)22-20(23-25-21(27-29-23)13-17(2)24-3)15-28(26-22)14-18-7-5-4-6-8-18;/h4-12,15,17,24H,13-14H2,1-3H3;1H. The van der Waals surface area contributed by atoms with Crippen LogP contribution in [0.2, 0.25) is 0 Å². The van der Waals surface area contributed by atoms with Gasteiger partial charge >= 0.3 is 0 Å². The number of halogens is 1. The molecule has 1 unspecified atom stereocenters. The molecule has 0 saturated carbocycles. The Balaban J connectivity index is 0.00000256. The highest BCUT2D eigenvalue weighted by atomic mass is 35.5. The molecule has 0 aliphatic heterocycles. The molecular formula is C23H26ClN5O. The quantitative estimate of drug-likeness (QED) is 0.473. The maximum Gasteiger partial charge on any atom is 0.261 e. The van der Waals surface area contributed by atoms with Crippen molar-refractivity contribution in [2.24, 2.45) is 0 Å². The van der Waals surface area contributed by atoms with Crippen molar-refractivity contribution in [2.45, 2.75) is 32.9 Å². The monoisotopic (exact) mass is 423 g/mol. The maximum absolute atomic E-state index is 5.60. The predicted octanol–water partition coefficient (Wildman–Crippen LogP) is 4.53. The second-order valence-electron chi connectivity index (χ2n) is 7.35. The molecule has 2 aromatic heterocycles. The molecule has 0 aliphatic rings. The normalized spacial score (nSPS) is 11.8. The first-order valence-electron chi connectivity index (χ1n) is 9.81. The summed E-state index contributed by atoms with van der Waals surface area (Å²) < 4.78 is 7.53. The Bertz CT molecular complexity index is 1070. The predicted molar refractivity (Wildman–Crippen MR) is 121 cm³/mol. The number of benzene rings is 2. The van der Waals surface area contributed by atoms with Gasteiger partial charge in [-0.05, 0) is 26.5 Å². The molecule has 0 spiro atoms. The van der Waals surface area contributed by atoms with E-state index in [9.17, 15) is 0 Å². The molecule has 2 aromatic carbocycles. The number of nitrogens with one attached hydrogen (secondary N) is 1. The Labute approximate surface area is 182 Å².